The zero-order valence-electron chi connectivity index (χ0n) is 25.4. The molecule has 14 nitrogen and oxygen atoms in total. The van der Waals surface area contributed by atoms with Crippen molar-refractivity contribution in [1.82, 2.24) is 19.3 Å². The molecule has 0 saturated heterocycles. The molecule has 3 N–H and O–H groups in total. The van der Waals surface area contributed by atoms with Gasteiger partial charge in [-0.3, -0.25) is 33.3 Å². The number of carboxylic acids is 2. The third-order valence-electron chi connectivity index (χ3n) is 7.66. The predicted octanol–water partition coefficient (Wildman–Crippen LogP) is 4.74. The number of rotatable bonds is 12. The molecule has 0 saturated carbocycles. The van der Waals surface area contributed by atoms with E-state index >= 15 is 0 Å². The van der Waals surface area contributed by atoms with Gasteiger partial charge in [0, 0.05) is 48.3 Å². The summed E-state index contributed by atoms with van der Waals surface area (Å²) in [7, 11) is 1.37. The third kappa shape index (κ3) is 6.21. The highest BCUT2D eigenvalue weighted by Gasteiger charge is 2.29. The minimum absolute atomic E-state index is 0.0515. The van der Waals surface area contributed by atoms with E-state index in [0.29, 0.717) is 15.9 Å². The van der Waals surface area contributed by atoms with E-state index in [1.807, 2.05) is 22.2 Å². The minimum atomic E-state index is -1.31. The molecule has 0 unspecified atom stereocenters. The summed E-state index contributed by atoms with van der Waals surface area (Å²) in [5.74, 6) is -5.71. The van der Waals surface area contributed by atoms with E-state index in [4.69, 9.17) is 4.84 Å². The number of aromatic hydroxyl groups is 1. The highest BCUT2D eigenvalue weighted by Crippen LogP contribution is 2.35. The average molecular weight is 701 g/mol. The number of nitrogens with zero attached hydrogens (tertiary/aromatic N) is 4. The fourth-order valence-electron chi connectivity index (χ4n) is 5.24. The predicted molar refractivity (Wildman–Crippen MR) is 180 cm³/mol. The number of carboxylic acid groups (broad SMARTS) is 2. The highest BCUT2D eigenvalue weighted by molar-refractivity contribution is 7.13. The molecule has 0 aliphatic rings. The summed E-state index contributed by atoms with van der Waals surface area (Å²) in [6.07, 6.45) is 0.442. The molecule has 49 heavy (non-hydrogen) atoms. The number of hydrogen-bond donors (Lipinski definition) is 3. The molecule has 0 radical (unpaired) electrons. The monoisotopic (exact) mass is 700 g/mol. The molecule has 0 bridgehead atoms. The van der Waals surface area contributed by atoms with Crippen molar-refractivity contribution in [3.63, 3.8) is 0 Å². The van der Waals surface area contributed by atoms with Gasteiger partial charge in [-0.15, -0.1) is 16.1 Å². The maximum absolute atomic E-state index is 14.1. The van der Waals surface area contributed by atoms with E-state index in [2.05, 4.69) is 9.97 Å². The lowest BCUT2D eigenvalue weighted by Gasteiger charge is -2.18. The SMILES string of the molecule is Cn1c(=O)c(C(=O)CCC(=O)O)c(On2c(=O)c(C(=O)CCC(=O)O)c(O)c3cc(-c4cccs4)cnc32)c2cc(-c3ccsc3)cnc21. The van der Waals surface area contributed by atoms with Gasteiger partial charge in [0.1, 0.15) is 22.5 Å². The Labute approximate surface area is 282 Å². The third-order valence-corrected chi connectivity index (χ3v) is 9.26. The smallest absolute Gasteiger partial charge is 0.303 e. The first-order valence-electron chi connectivity index (χ1n) is 14.5. The standard InChI is InChI=1S/C33H24N4O10S2/c1-36-30-20(11-17(13-34-30)16-8-10-48-15-16)29(27(32(36)45)22(39)5-7-25(42)43)47-37-31-19(12-18(14-35-31)23-3-2-9-49-23)28(44)26(33(37)46)21(38)4-6-24(40)41/h2-3,8-15,44H,4-7H2,1H3,(H,40,41)(H,42,43). The summed E-state index contributed by atoms with van der Waals surface area (Å²) in [5.41, 5.74) is -1.92. The highest BCUT2D eigenvalue weighted by atomic mass is 32.1. The van der Waals surface area contributed by atoms with Gasteiger partial charge in [0.2, 0.25) is 0 Å². The quantitative estimate of drug-likeness (QED) is 0.148. The Morgan fingerprint density at radius 2 is 1.45 bits per heavy atom. The van der Waals surface area contributed by atoms with E-state index in [1.165, 1.54) is 48.2 Å². The van der Waals surface area contributed by atoms with Crippen LogP contribution in [0.2, 0.25) is 0 Å². The summed E-state index contributed by atoms with van der Waals surface area (Å²) in [4.78, 5) is 92.9. The molecule has 0 amide bonds. The van der Waals surface area contributed by atoms with Gasteiger partial charge < -0.3 is 20.2 Å². The molecule has 0 aromatic carbocycles. The summed E-state index contributed by atoms with van der Waals surface area (Å²) in [6.45, 7) is 0. The molecule has 6 aromatic rings. The number of aromatic nitrogens is 4. The molecular weight excluding hydrogens is 677 g/mol. The van der Waals surface area contributed by atoms with E-state index in [1.54, 1.807) is 18.2 Å². The van der Waals surface area contributed by atoms with Gasteiger partial charge in [-0.25, -0.2) is 9.97 Å². The molecule has 6 aromatic heterocycles. The van der Waals surface area contributed by atoms with Crippen LogP contribution >= 0.6 is 22.7 Å². The number of thiophene rings is 2. The van der Waals surface area contributed by atoms with Crippen LogP contribution in [-0.4, -0.2) is 58.1 Å². The Kier molecular flexibility index (Phi) is 8.90. The van der Waals surface area contributed by atoms with E-state index in [0.717, 1.165) is 15.0 Å². The van der Waals surface area contributed by atoms with Gasteiger partial charge in [-0.05, 0) is 46.0 Å². The Balaban J connectivity index is 1.67. The molecule has 16 heteroatoms. The zero-order chi connectivity index (χ0) is 35.0. The number of aryl methyl sites for hydroxylation is 1. The molecule has 0 spiro atoms. The lowest BCUT2D eigenvalue weighted by atomic mass is 10.0. The van der Waals surface area contributed by atoms with Crippen molar-refractivity contribution in [3.05, 3.63) is 90.7 Å². The van der Waals surface area contributed by atoms with Crippen LogP contribution in [0.5, 0.6) is 11.5 Å². The lowest BCUT2D eigenvalue weighted by molar-refractivity contribution is -0.137. The maximum atomic E-state index is 14.1. The van der Waals surface area contributed by atoms with Crippen LogP contribution in [-0.2, 0) is 16.6 Å². The molecular formula is C33H24N4O10S2. The largest absolute Gasteiger partial charge is 0.506 e. The van der Waals surface area contributed by atoms with Crippen molar-refractivity contribution >= 4 is 68.2 Å². The summed E-state index contributed by atoms with van der Waals surface area (Å²) >= 11 is 2.78. The van der Waals surface area contributed by atoms with Gasteiger partial charge in [-0.1, -0.05) is 6.07 Å². The minimum Gasteiger partial charge on any atom is -0.506 e. The van der Waals surface area contributed by atoms with Gasteiger partial charge in [0.15, 0.2) is 23.0 Å². The number of hydrogen-bond acceptors (Lipinski definition) is 12. The molecule has 0 aliphatic carbocycles. The number of carbonyl (C=O) groups is 4. The average Bonchev–Trinajstić information content (AvgIpc) is 3.82. The van der Waals surface area contributed by atoms with Gasteiger partial charge in [0.25, 0.3) is 11.1 Å². The molecule has 248 valence electrons. The van der Waals surface area contributed by atoms with Crippen molar-refractivity contribution in [2.24, 2.45) is 7.05 Å². The molecule has 0 fully saturated rings. The molecule has 0 aliphatic heterocycles. The number of ketones is 2. The van der Waals surface area contributed by atoms with Gasteiger partial charge in [-0.2, -0.15) is 11.3 Å². The van der Waals surface area contributed by atoms with Crippen LogP contribution in [0.15, 0.2) is 68.5 Å². The van der Waals surface area contributed by atoms with Crippen molar-refractivity contribution in [1.29, 1.82) is 0 Å². The van der Waals surface area contributed by atoms with Crippen LogP contribution in [0.4, 0.5) is 0 Å². The Morgan fingerprint density at radius 1 is 0.796 bits per heavy atom. The molecule has 6 heterocycles. The first kappa shape index (κ1) is 32.9. The fraction of sp³-hybridized carbons (Fsp3) is 0.152. The van der Waals surface area contributed by atoms with Crippen LogP contribution in [0.1, 0.15) is 46.4 Å². The first-order chi connectivity index (χ1) is 23.5. The molecule has 6 rings (SSSR count). The maximum Gasteiger partial charge on any atom is 0.303 e. The van der Waals surface area contributed by atoms with E-state index < -0.39 is 82.9 Å². The second-order valence-corrected chi connectivity index (χ2v) is 12.5. The summed E-state index contributed by atoms with van der Waals surface area (Å²) in [5, 5.41) is 35.2. The van der Waals surface area contributed by atoms with Crippen LogP contribution in [0, 0.1) is 0 Å². The van der Waals surface area contributed by atoms with Gasteiger partial charge in [0.05, 0.1) is 23.6 Å². The second-order valence-electron chi connectivity index (χ2n) is 10.8. The van der Waals surface area contributed by atoms with Crippen LogP contribution < -0.4 is 16.0 Å². The first-order valence-corrected chi connectivity index (χ1v) is 16.3. The van der Waals surface area contributed by atoms with Crippen molar-refractivity contribution in [3.8, 4) is 33.1 Å². The normalized spacial score (nSPS) is 11.2. The Bertz CT molecular complexity index is 2430. The number of pyridine rings is 4. The van der Waals surface area contributed by atoms with Gasteiger partial charge >= 0.3 is 11.9 Å². The van der Waals surface area contributed by atoms with Crippen molar-refractivity contribution in [2.75, 3.05) is 0 Å². The number of carbonyl (C=O) groups excluding carboxylic acids is 2. The van der Waals surface area contributed by atoms with Crippen molar-refractivity contribution in [2.45, 2.75) is 25.7 Å². The molecule has 0 atom stereocenters. The fourth-order valence-corrected chi connectivity index (χ4v) is 6.61. The number of Topliss-reactive ketones (excluding diaryl/α,β-unsaturated/α-hetero) is 2. The number of fused-ring (bicyclic) bond motifs is 2. The topological polar surface area (TPSA) is 208 Å². The Hall–Kier alpha value is -6.00. The van der Waals surface area contributed by atoms with E-state index in [-0.39, 0.29) is 22.1 Å². The number of aliphatic carboxylic acids is 2. The van der Waals surface area contributed by atoms with Crippen molar-refractivity contribution < 1.29 is 39.3 Å². The zero-order valence-corrected chi connectivity index (χ0v) is 27.0. The lowest BCUT2D eigenvalue weighted by Crippen LogP contribution is -2.33. The van der Waals surface area contributed by atoms with E-state index in [9.17, 15) is 44.1 Å². The summed E-state index contributed by atoms with van der Waals surface area (Å²) < 4.78 is 1.65. The Morgan fingerprint density at radius 3 is 2.08 bits per heavy atom. The summed E-state index contributed by atoms with van der Waals surface area (Å²) in [6, 6.07) is 8.44. The van der Waals surface area contributed by atoms with Crippen LogP contribution in [0.3, 0.4) is 0 Å². The second kappa shape index (κ2) is 13.2. The van der Waals surface area contributed by atoms with Crippen LogP contribution in [0.25, 0.3) is 43.6 Å².